The number of carbonyl (C=O) groups is 2. The van der Waals surface area contributed by atoms with Crippen molar-refractivity contribution in [1.82, 2.24) is 9.78 Å². The van der Waals surface area contributed by atoms with Crippen LogP contribution in [-0.2, 0) is 16.1 Å². The van der Waals surface area contributed by atoms with Crippen molar-refractivity contribution in [2.24, 2.45) is 5.92 Å². The molecule has 0 aliphatic heterocycles. The number of carboxylic acids is 1. The third-order valence-corrected chi connectivity index (χ3v) is 6.88. The molecule has 0 spiro atoms. The van der Waals surface area contributed by atoms with Crippen LogP contribution in [0.2, 0.25) is 10.0 Å². The second-order valence-corrected chi connectivity index (χ2v) is 10.5. The summed E-state index contributed by atoms with van der Waals surface area (Å²) in [6, 6.07) is 19.4. The number of carbonyl (C=O) groups excluding carboxylic acids is 1. The molecule has 3 aromatic carbocycles. The van der Waals surface area contributed by atoms with Crippen LogP contribution in [0, 0.1) is 19.8 Å². The number of carboxylic acid groups (broad SMARTS) is 1. The first-order valence-electron chi connectivity index (χ1n) is 12.4. The topological polar surface area (TPSA) is 93.4 Å². The molecule has 9 heteroatoms. The van der Waals surface area contributed by atoms with Crippen LogP contribution in [0.4, 0.5) is 5.69 Å². The highest BCUT2D eigenvalue weighted by Gasteiger charge is 2.26. The Kier molecular flexibility index (Phi) is 8.75. The average molecular weight is 566 g/mol. The number of aromatic carboxylic acids is 1. The summed E-state index contributed by atoms with van der Waals surface area (Å²) in [6.45, 7) is 7.89. The van der Waals surface area contributed by atoms with Crippen molar-refractivity contribution in [3.63, 3.8) is 0 Å². The van der Waals surface area contributed by atoms with Gasteiger partial charge in [-0.3, -0.25) is 4.79 Å². The van der Waals surface area contributed by atoms with Crippen LogP contribution in [0.3, 0.4) is 0 Å². The standard InChI is InChI=1S/C30H29Cl2N3O4/c1-17(2)28(29(36)33-23-12-9-21(10-13-23)30(37)38)39-16-25-19(4)27(20-7-5-18(3)6-8-20)35(34-25)26-14-11-22(31)15-24(26)32/h5-15,17,28H,16H2,1-4H3,(H,33,36)(H,37,38). The fourth-order valence-electron chi connectivity index (χ4n) is 4.21. The van der Waals surface area contributed by atoms with E-state index in [9.17, 15) is 9.59 Å². The van der Waals surface area contributed by atoms with Gasteiger partial charge in [0.25, 0.3) is 5.91 Å². The first-order valence-corrected chi connectivity index (χ1v) is 13.2. The number of aromatic nitrogens is 2. The maximum absolute atomic E-state index is 13.1. The van der Waals surface area contributed by atoms with E-state index in [0.29, 0.717) is 27.1 Å². The molecule has 0 fully saturated rings. The number of halogens is 2. The Morgan fingerprint density at radius 1 is 1.00 bits per heavy atom. The van der Waals surface area contributed by atoms with E-state index in [2.05, 4.69) is 5.32 Å². The quantitative estimate of drug-likeness (QED) is 0.221. The Hall–Kier alpha value is -3.65. The predicted octanol–water partition coefficient (Wildman–Crippen LogP) is 7.34. The number of hydrogen-bond donors (Lipinski definition) is 2. The minimum absolute atomic E-state index is 0.0944. The fourth-order valence-corrected chi connectivity index (χ4v) is 4.69. The van der Waals surface area contributed by atoms with Gasteiger partial charge in [-0.25, -0.2) is 9.48 Å². The van der Waals surface area contributed by atoms with E-state index in [0.717, 1.165) is 22.4 Å². The zero-order valence-corrected chi connectivity index (χ0v) is 23.5. The molecule has 0 aliphatic carbocycles. The van der Waals surface area contributed by atoms with E-state index in [1.165, 1.54) is 12.1 Å². The van der Waals surface area contributed by atoms with E-state index in [4.69, 9.17) is 38.1 Å². The lowest BCUT2D eigenvalue weighted by Gasteiger charge is -2.20. The Morgan fingerprint density at radius 3 is 2.26 bits per heavy atom. The maximum atomic E-state index is 13.1. The van der Waals surface area contributed by atoms with Crippen LogP contribution in [-0.4, -0.2) is 32.9 Å². The SMILES string of the molecule is Cc1ccc(-c2c(C)c(COC(C(=O)Nc3ccc(C(=O)O)cc3)C(C)C)nn2-c2ccc(Cl)cc2Cl)cc1. The molecule has 4 aromatic rings. The van der Waals surface area contributed by atoms with Crippen LogP contribution in [0.15, 0.2) is 66.7 Å². The van der Waals surface area contributed by atoms with Crippen molar-refractivity contribution in [2.45, 2.75) is 40.4 Å². The largest absolute Gasteiger partial charge is 0.478 e. The molecule has 0 saturated carbocycles. The molecule has 1 aromatic heterocycles. The summed E-state index contributed by atoms with van der Waals surface area (Å²) in [5.41, 5.74) is 5.83. The molecule has 1 heterocycles. The molecule has 39 heavy (non-hydrogen) atoms. The van der Waals surface area contributed by atoms with Crippen LogP contribution in [0.25, 0.3) is 16.9 Å². The van der Waals surface area contributed by atoms with Crippen LogP contribution >= 0.6 is 23.2 Å². The van der Waals surface area contributed by atoms with Gasteiger partial charge in [0.15, 0.2) is 0 Å². The zero-order chi connectivity index (χ0) is 28.3. The van der Waals surface area contributed by atoms with Crippen molar-refractivity contribution in [1.29, 1.82) is 0 Å². The van der Waals surface area contributed by atoms with E-state index >= 15 is 0 Å². The molecule has 202 valence electrons. The zero-order valence-electron chi connectivity index (χ0n) is 22.0. The van der Waals surface area contributed by atoms with Gasteiger partial charge in [-0.2, -0.15) is 5.10 Å². The van der Waals surface area contributed by atoms with Gasteiger partial charge < -0.3 is 15.2 Å². The highest BCUT2D eigenvalue weighted by atomic mass is 35.5. The Morgan fingerprint density at radius 2 is 1.67 bits per heavy atom. The molecule has 7 nitrogen and oxygen atoms in total. The molecule has 0 bridgehead atoms. The molecular formula is C30H29Cl2N3O4. The molecule has 1 amide bonds. The minimum Gasteiger partial charge on any atom is -0.478 e. The molecule has 1 atom stereocenters. The molecular weight excluding hydrogens is 537 g/mol. The van der Waals surface area contributed by atoms with Crippen molar-refractivity contribution in [2.75, 3.05) is 5.32 Å². The van der Waals surface area contributed by atoms with Crippen molar-refractivity contribution in [3.05, 3.63) is 99.2 Å². The number of ether oxygens (including phenoxy) is 1. The second-order valence-electron chi connectivity index (χ2n) is 9.64. The van der Waals surface area contributed by atoms with E-state index in [1.807, 2.05) is 58.0 Å². The number of aryl methyl sites for hydroxylation is 1. The summed E-state index contributed by atoms with van der Waals surface area (Å²) in [6.07, 6.45) is -0.768. The number of anilines is 1. The minimum atomic E-state index is -1.03. The number of nitrogens with one attached hydrogen (secondary N) is 1. The molecule has 0 aliphatic rings. The highest BCUT2D eigenvalue weighted by Crippen LogP contribution is 2.33. The average Bonchev–Trinajstić information content (AvgIpc) is 3.20. The van der Waals surface area contributed by atoms with E-state index in [-0.39, 0.29) is 24.0 Å². The van der Waals surface area contributed by atoms with Gasteiger partial charge in [0.05, 0.1) is 34.3 Å². The summed E-state index contributed by atoms with van der Waals surface area (Å²) >= 11 is 12.7. The lowest BCUT2D eigenvalue weighted by atomic mass is 10.0. The smallest absolute Gasteiger partial charge is 0.335 e. The van der Waals surface area contributed by atoms with E-state index in [1.54, 1.807) is 28.9 Å². The van der Waals surface area contributed by atoms with Gasteiger partial charge in [0, 0.05) is 21.8 Å². The summed E-state index contributed by atoms with van der Waals surface area (Å²) in [5, 5.41) is 17.7. The van der Waals surface area contributed by atoms with Gasteiger partial charge in [-0.05, 0) is 62.2 Å². The van der Waals surface area contributed by atoms with Gasteiger partial charge in [-0.15, -0.1) is 0 Å². The van der Waals surface area contributed by atoms with Crippen molar-refractivity contribution < 1.29 is 19.4 Å². The maximum Gasteiger partial charge on any atom is 0.335 e. The van der Waals surface area contributed by atoms with Gasteiger partial charge in [0.2, 0.25) is 0 Å². The number of hydrogen-bond acceptors (Lipinski definition) is 4. The van der Waals surface area contributed by atoms with Crippen molar-refractivity contribution >= 4 is 40.8 Å². The fraction of sp³-hybridized carbons (Fsp3) is 0.233. The van der Waals surface area contributed by atoms with Crippen LogP contribution < -0.4 is 5.32 Å². The normalized spacial score (nSPS) is 12.0. The second kappa shape index (κ2) is 12.0. The molecule has 0 radical (unpaired) electrons. The summed E-state index contributed by atoms with van der Waals surface area (Å²) < 4.78 is 7.92. The summed E-state index contributed by atoms with van der Waals surface area (Å²) in [5.74, 6) is -1.49. The molecule has 0 saturated heterocycles. The third-order valence-electron chi connectivity index (χ3n) is 6.35. The van der Waals surface area contributed by atoms with Gasteiger partial charge in [-0.1, -0.05) is 66.9 Å². The number of rotatable bonds is 9. The lowest BCUT2D eigenvalue weighted by Crippen LogP contribution is -2.34. The first-order chi connectivity index (χ1) is 18.5. The summed E-state index contributed by atoms with van der Waals surface area (Å²) in [4.78, 5) is 24.2. The Labute approximate surface area is 237 Å². The molecule has 1 unspecified atom stereocenters. The molecule has 4 rings (SSSR count). The molecule has 2 N–H and O–H groups in total. The van der Waals surface area contributed by atoms with Crippen molar-refractivity contribution in [3.8, 4) is 16.9 Å². The lowest BCUT2D eigenvalue weighted by molar-refractivity contribution is -0.131. The monoisotopic (exact) mass is 565 g/mol. The van der Waals surface area contributed by atoms with Gasteiger partial charge in [0.1, 0.15) is 6.10 Å². The summed E-state index contributed by atoms with van der Waals surface area (Å²) in [7, 11) is 0. The van der Waals surface area contributed by atoms with Crippen LogP contribution in [0.1, 0.15) is 41.0 Å². The first kappa shape index (κ1) is 28.4. The van der Waals surface area contributed by atoms with Crippen LogP contribution in [0.5, 0.6) is 0 Å². The third kappa shape index (κ3) is 6.50. The van der Waals surface area contributed by atoms with E-state index < -0.39 is 12.1 Å². The van der Waals surface area contributed by atoms with Gasteiger partial charge >= 0.3 is 5.97 Å². The number of benzene rings is 3. The number of amides is 1. The highest BCUT2D eigenvalue weighted by molar-refractivity contribution is 6.35. The Bertz CT molecular complexity index is 1500. The Balaban J connectivity index is 1.62. The predicted molar refractivity (Wildman–Crippen MR) is 154 cm³/mol. The number of nitrogens with zero attached hydrogens (tertiary/aromatic N) is 2.